The van der Waals surface area contributed by atoms with Gasteiger partial charge in [-0.2, -0.15) is 0 Å². The molecule has 0 fully saturated rings. The highest BCUT2D eigenvalue weighted by Crippen LogP contribution is 2.13. The summed E-state index contributed by atoms with van der Waals surface area (Å²) in [6.07, 6.45) is 2.40. The lowest BCUT2D eigenvalue weighted by Crippen LogP contribution is -2.43. The number of alkyl carbamates (subject to hydrolysis) is 2. The fourth-order valence-corrected chi connectivity index (χ4v) is 5.05. The molecule has 3 N–H and O–H groups in total. The van der Waals surface area contributed by atoms with Crippen molar-refractivity contribution in [2.24, 2.45) is 0 Å². The Morgan fingerprint density at radius 3 is 1.41 bits per heavy atom. The predicted octanol–water partition coefficient (Wildman–Crippen LogP) is 6.74. The van der Waals surface area contributed by atoms with Gasteiger partial charge in [0.2, 0.25) is 5.91 Å². The van der Waals surface area contributed by atoms with Crippen LogP contribution in [-0.2, 0) is 40.3 Å². The van der Waals surface area contributed by atoms with Gasteiger partial charge in [0.05, 0.1) is 0 Å². The molecule has 0 aliphatic rings. The van der Waals surface area contributed by atoms with E-state index in [1.165, 1.54) is 11.1 Å². The first-order chi connectivity index (χ1) is 22.5. The average Bonchev–Trinajstić information content (AvgIpc) is 3.09. The van der Waals surface area contributed by atoms with Crippen LogP contribution in [0.25, 0.3) is 0 Å². The minimum absolute atomic E-state index is 0.0361. The molecule has 0 spiro atoms. The Kier molecular flexibility index (Phi) is 14.2. The number of hydrogen-bond acceptors (Lipinski definition) is 5. The molecule has 4 aromatic carbocycles. The molecule has 0 bridgehead atoms. The van der Waals surface area contributed by atoms with E-state index in [1.807, 2.05) is 97.1 Å². The molecule has 0 unspecified atom stereocenters. The van der Waals surface area contributed by atoms with Crippen molar-refractivity contribution in [3.8, 4) is 0 Å². The minimum atomic E-state index is -0.627. The average molecular weight is 622 g/mol. The Bertz CT molecular complexity index is 1410. The first-order valence-corrected chi connectivity index (χ1v) is 15.8. The van der Waals surface area contributed by atoms with E-state index in [0.29, 0.717) is 6.42 Å². The third-order valence-electron chi connectivity index (χ3n) is 7.56. The number of carbonyl (C=O) groups excluding carboxylic acids is 3. The molecule has 0 saturated carbocycles. The lowest BCUT2D eigenvalue weighted by molar-refractivity contribution is -0.122. The van der Waals surface area contributed by atoms with Crippen molar-refractivity contribution < 1.29 is 23.9 Å². The number of rotatable bonds is 17. The molecule has 240 valence electrons. The van der Waals surface area contributed by atoms with Crippen molar-refractivity contribution in [3.05, 3.63) is 144 Å². The van der Waals surface area contributed by atoms with Gasteiger partial charge < -0.3 is 25.4 Å². The number of ether oxygens (including phenoxy) is 2. The van der Waals surface area contributed by atoms with Crippen molar-refractivity contribution in [2.75, 3.05) is 6.54 Å². The molecule has 0 saturated heterocycles. The van der Waals surface area contributed by atoms with E-state index >= 15 is 0 Å². The number of nitrogens with one attached hydrogen (secondary N) is 3. The van der Waals surface area contributed by atoms with E-state index in [0.717, 1.165) is 36.8 Å². The second-order valence-corrected chi connectivity index (χ2v) is 11.2. The van der Waals surface area contributed by atoms with Gasteiger partial charge in [-0.3, -0.25) is 4.79 Å². The molecule has 1 atom stereocenters. The quantitative estimate of drug-likeness (QED) is 0.121. The molecule has 0 radical (unpaired) electrons. The molecule has 0 aliphatic carbocycles. The highest BCUT2D eigenvalue weighted by Gasteiger charge is 2.20. The molecule has 4 aromatic rings. The molecule has 0 heterocycles. The Morgan fingerprint density at radius 2 is 0.935 bits per heavy atom. The minimum Gasteiger partial charge on any atom is -0.445 e. The summed E-state index contributed by atoms with van der Waals surface area (Å²) in [5.41, 5.74) is 4.17. The van der Waals surface area contributed by atoms with E-state index in [9.17, 15) is 14.4 Å². The molecule has 8 nitrogen and oxygen atoms in total. The molecular weight excluding hydrogens is 578 g/mol. The molecular formula is C38H43N3O5. The van der Waals surface area contributed by atoms with Gasteiger partial charge in [0.25, 0.3) is 0 Å². The molecule has 3 amide bonds. The van der Waals surface area contributed by atoms with Crippen molar-refractivity contribution in [2.45, 2.75) is 63.8 Å². The van der Waals surface area contributed by atoms with E-state index in [1.54, 1.807) is 0 Å². The van der Waals surface area contributed by atoms with Crippen LogP contribution in [0.4, 0.5) is 9.59 Å². The van der Waals surface area contributed by atoms with E-state index in [-0.39, 0.29) is 38.1 Å². The normalized spacial score (nSPS) is 11.3. The van der Waals surface area contributed by atoms with Crippen LogP contribution in [0.5, 0.6) is 0 Å². The fourth-order valence-electron chi connectivity index (χ4n) is 5.05. The number of aryl methyl sites for hydroxylation is 2. The summed E-state index contributed by atoms with van der Waals surface area (Å²) in [5, 5.41) is 8.76. The summed E-state index contributed by atoms with van der Waals surface area (Å²) < 4.78 is 10.7. The zero-order valence-electron chi connectivity index (χ0n) is 26.1. The SMILES string of the molecule is O=C(C[C@H](CCNC(=O)OCc1ccccc1)NC(=O)OCc1ccccc1)NC(CCc1ccccc1)CCc1ccccc1. The highest BCUT2D eigenvalue weighted by atomic mass is 16.6. The smallest absolute Gasteiger partial charge is 0.407 e. The lowest BCUT2D eigenvalue weighted by Gasteiger charge is -2.22. The van der Waals surface area contributed by atoms with Crippen LogP contribution in [0.3, 0.4) is 0 Å². The maximum absolute atomic E-state index is 13.4. The van der Waals surface area contributed by atoms with Crippen molar-refractivity contribution in [1.82, 2.24) is 16.0 Å². The summed E-state index contributed by atoms with van der Waals surface area (Å²) in [6, 6.07) is 38.6. The first-order valence-electron chi connectivity index (χ1n) is 15.8. The van der Waals surface area contributed by atoms with Gasteiger partial charge in [0.1, 0.15) is 13.2 Å². The van der Waals surface area contributed by atoms with Crippen LogP contribution < -0.4 is 16.0 Å². The van der Waals surface area contributed by atoms with Crippen LogP contribution in [0.2, 0.25) is 0 Å². The van der Waals surface area contributed by atoms with Crippen molar-refractivity contribution >= 4 is 18.1 Å². The van der Waals surface area contributed by atoms with Gasteiger partial charge in [0.15, 0.2) is 0 Å². The van der Waals surface area contributed by atoms with Crippen molar-refractivity contribution in [1.29, 1.82) is 0 Å². The van der Waals surface area contributed by atoms with E-state index < -0.39 is 18.2 Å². The van der Waals surface area contributed by atoms with Gasteiger partial charge in [-0.1, -0.05) is 121 Å². The summed E-state index contributed by atoms with van der Waals surface area (Å²) in [6.45, 7) is 0.461. The fraction of sp³-hybridized carbons (Fsp3) is 0.289. The highest BCUT2D eigenvalue weighted by molar-refractivity contribution is 5.78. The summed E-state index contributed by atoms with van der Waals surface area (Å²) in [4.78, 5) is 38.4. The molecule has 4 rings (SSSR count). The Labute approximate surface area is 271 Å². The van der Waals surface area contributed by atoms with E-state index in [2.05, 4.69) is 40.2 Å². The van der Waals surface area contributed by atoms with Gasteiger partial charge in [-0.25, -0.2) is 9.59 Å². The van der Waals surface area contributed by atoms with Crippen LogP contribution in [-0.4, -0.2) is 36.7 Å². The summed E-state index contributed by atoms with van der Waals surface area (Å²) in [7, 11) is 0. The lowest BCUT2D eigenvalue weighted by atomic mass is 9.98. The molecule has 0 aromatic heterocycles. The van der Waals surface area contributed by atoms with Crippen LogP contribution >= 0.6 is 0 Å². The number of benzene rings is 4. The zero-order chi connectivity index (χ0) is 32.2. The summed E-state index contributed by atoms with van der Waals surface area (Å²) >= 11 is 0. The first kappa shape index (κ1) is 33.8. The number of amides is 3. The largest absolute Gasteiger partial charge is 0.445 e. The monoisotopic (exact) mass is 621 g/mol. The third-order valence-corrected chi connectivity index (χ3v) is 7.56. The molecule has 8 heteroatoms. The summed E-state index contributed by atoms with van der Waals surface area (Å²) in [5.74, 6) is -0.175. The van der Waals surface area contributed by atoms with Crippen LogP contribution in [0.15, 0.2) is 121 Å². The Balaban J connectivity index is 1.32. The maximum Gasteiger partial charge on any atom is 0.407 e. The Morgan fingerprint density at radius 1 is 0.500 bits per heavy atom. The zero-order valence-corrected chi connectivity index (χ0v) is 26.1. The molecule has 0 aliphatic heterocycles. The third kappa shape index (κ3) is 13.3. The number of hydrogen-bond donors (Lipinski definition) is 3. The van der Waals surface area contributed by atoms with E-state index in [4.69, 9.17) is 9.47 Å². The van der Waals surface area contributed by atoms with Crippen LogP contribution in [0.1, 0.15) is 47.9 Å². The maximum atomic E-state index is 13.4. The standard InChI is InChI=1S/C38H43N3O5/c42-36(40-34(23-21-30-13-5-1-6-14-30)24-22-31-15-7-2-8-16-31)27-35(41-38(44)46-29-33-19-11-4-12-20-33)25-26-39-37(43)45-28-32-17-9-3-10-18-32/h1-20,34-35H,21-29H2,(H,39,43)(H,40,42)(H,41,44)/t35-/m0/s1. The van der Waals surface area contributed by atoms with Gasteiger partial charge in [-0.05, 0) is 54.4 Å². The van der Waals surface area contributed by atoms with Gasteiger partial charge >= 0.3 is 12.2 Å². The number of carbonyl (C=O) groups is 3. The second kappa shape index (κ2) is 19.3. The van der Waals surface area contributed by atoms with Gasteiger partial charge in [0, 0.05) is 25.0 Å². The van der Waals surface area contributed by atoms with Crippen molar-refractivity contribution in [3.63, 3.8) is 0 Å². The van der Waals surface area contributed by atoms with Crippen LogP contribution in [0, 0.1) is 0 Å². The topological polar surface area (TPSA) is 106 Å². The Hall–Kier alpha value is -5.11. The second-order valence-electron chi connectivity index (χ2n) is 11.2. The van der Waals surface area contributed by atoms with Gasteiger partial charge in [-0.15, -0.1) is 0 Å². The molecule has 46 heavy (non-hydrogen) atoms. The predicted molar refractivity (Wildman–Crippen MR) is 179 cm³/mol.